The van der Waals surface area contributed by atoms with Gasteiger partial charge in [0, 0.05) is 28.5 Å². The number of imidazole rings is 1. The van der Waals surface area contributed by atoms with Crippen molar-refractivity contribution >= 4 is 16.7 Å². The Balaban J connectivity index is 1.45. The zero-order valence-corrected chi connectivity index (χ0v) is 30.2. The van der Waals surface area contributed by atoms with Crippen LogP contribution in [-0.4, -0.2) is 20.1 Å². The van der Waals surface area contributed by atoms with Crippen LogP contribution >= 0.6 is 0 Å². The predicted octanol–water partition coefficient (Wildman–Crippen LogP) is 12.0. The number of hydrogen-bond donors (Lipinski definition) is 2. The minimum atomic E-state index is -0.481. The molecule has 0 spiro atoms. The van der Waals surface area contributed by atoms with Crippen LogP contribution in [0.3, 0.4) is 0 Å². The Morgan fingerprint density at radius 1 is 0.692 bits per heavy atom. The van der Waals surface area contributed by atoms with Crippen molar-refractivity contribution < 1.29 is 5.11 Å². The van der Waals surface area contributed by atoms with Crippen LogP contribution in [-0.2, 0) is 10.8 Å². The molecule has 0 aliphatic rings. The molecule has 2 heterocycles. The summed E-state index contributed by atoms with van der Waals surface area (Å²) in [5.74, 6) is 0.606. The first-order valence-electron chi connectivity index (χ1n) is 17.3. The first-order chi connectivity index (χ1) is 24.9. The van der Waals surface area contributed by atoms with E-state index in [4.69, 9.17) is 16.5 Å². The van der Waals surface area contributed by atoms with E-state index >= 15 is 0 Å². The van der Waals surface area contributed by atoms with Gasteiger partial charge in [-0.1, -0.05) is 120 Å². The SMILES string of the molecule is [C-]#[N+]c1c(C(C)(C)C)cc(-c2nc3cccc(-c4cc(-c5ccccc5)cc(-c5cc(-c6ccccc6)c(C#N)cn5)c4)c3[nH]2)c(O)c1C(C)(C)C. The van der Waals surface area contributed by atoms with E-state index in [2.05, 4.69) is 73.1 Å². The summed E-state index contributed by atoms with van der Waals surface area (Å²) < 4.78 is 0. The first-order valence-corrected chi connectivity index (χ1v) is 17.3. The van der Waals surface area contributed by atoms with Crippen molar-refractivity contribution in [3.05, 3.63) is 143 Å². The smallest absolute Gasteiger partial charge is 0.198 e. The number of nitriles is 1. The van der Waals surface area contributed by atoms with Gasteiger partial charge in [0.25, 0.3) is 0 Å². The van der Waals surface area contributed by atoms with Gasteiger partial charge in [-0.2, -0.15) is 5.26 Å². The molecule has 0 atom stereocenters. The minimum Gasteiger partial charge on any atom is -0.508 e. The molecule has 2 N–H and O–H groups in total. The van der Waals surface area contributed by atoms with Crippen LogP contribution in [0.5, 0.6) is 5.75 Å². The summed E-state index contributed by atoms with van der Waals surface area (Å²) in [6.45, 7) is 20.4. The van der Waals surface area contributed by atoms with Crippen molar-refractivity contribution in [2.45, 2.75) is 52.4 Å². The fourth-order valence-electron chi connectivity index (χ4n) is 6.93. The number of nitrogens with zero attached hydrogens (tertiary/aromatic N) is 4. The number of pyridine rings is 1. The molecule has 6 heteroatoms. The number of aromatic hydroxyl groups is 1. The van der Waals surface area contributed by atoms with Crippen LogP contribution < -0.4 is 0 Å². The highest BCUT2D eigenvalue weighted by molar-refractivity contribution is 5.96. The number of phenols is 1. The molecular formula is C46H39N5O. The lowest BCUT2D eigenvalue weighted by atomic mass is 9.77. The van der Waals surface area contributed by atoms with Gasteiger partial charge < -0.3 is 10.1 Å². The van der Waals surface area contributed by atoms with Gasteiger partial charge in [-0.3, -0.25) is 4.98 Å². The number of phenolic OH excluding ortho intramolecular Hbond substituents is 1. The Labute approximate surface area is 304 Å². The van der Waals surface area contributed by atoms with Crippen molar-refractivity contribution in [2.24, 2.45) is 0 Å². The molecule has 0 aliphatic heterocycles. The number of nitrogens with one attached hydrogen (secondary N) is 1. The molecule has 0 amide bonds. The van der Waals surface area contributed by atoms with Crippen LogP contribution in [0.4, 0.5) is 5.69 Å². The highest BCUT2D eigenvalue weighted by Gasteiger charge is 2.32. The molecule has 0 saturated carbocycles. The van der Waals surface area contributed by atoms with Gasteiger partial charge >= 0.3 is 0 Å². The third-order valence-electron chi connectivity index (χ3n) is 9.47. The van der Waals surface area contributed by atoms with E-state index in [1.807, 2.05) is 93.6 Å². The summed E-state index contributed by atoms with van der Waals surface area (Å²) in [5, 5.41) is 21.8. The lowest BCUT2D eigenvalue weighted by Gasteiger charge is -2.29. The summed E-state index contributed by atoms with van der Waals surface area (Å²) >= 11 is 0. The number of hydrogen-bond acceptors (Lipinski definition) is 4. The molecule has 0 saturated heterocycles. The fourth-order valence-corrected chi connectivity index (χ4v) is 6.93. The molecule has 2 aromatic heterocycles. The second kappa shape index (κ2) is 13.0. The largest absolute Gasteiger partial charge is 0.508 e. The first kappa shape index (κ1) is 34.0. The summed E-state index contributed by atoms with van der Waals surface area (Å²) in [5.41, 5.74) is 11.3. The van der Waals surface area contributed by atoms with Gasteiger partial charge in [0.15, 0.2) is 5.69 Å². The molecule has 0 bridgehead atoms. The molecule has 0 unspecified atom stereocenters. The lowest BCUT2D eigenvalue weighted by Crippen LogP contribution is -2.17. The summed E-state index contributed by atoms with van der Waals surface area (Å²) in [6, 6.07) is 38.9. The van der Waals surface area contributed by atoms with E-state index in [0.29, 0.717) is 28.2 Å². The maximum Gasteiger partial charge on any atom is 0.198 e. The number of fused-ring (bicyclic) bond motifs is 1. The average molecular weight is 678 g/mol. The number of aromatic amines is 1. The maximum atomic E-state index is 11.8. The molecule has 254 valence electrons. The third kappa shape index (κ3) is 6.21. The molecular weight excluding hydrogens is 639 g/mol. The average Bonchev–Trinajstić information content (AvgIpc) is 3.58. The Morgan fingerprint density at radius 3 is 1.98 bits per heavy atom. The van der Waals surface area contributed by atoms with Gasteiger partial charge in [0.1, 0.15) is 17.6 Å². The van der Waals surface area contributed by atoms with Crippen molar-refractivity contribution in [1.29, 1.82) is 5.26 Å². The second-order valence-electron chi connectivity index (χ2n) is 15.2. The number of benzene rings is 5. The van der Waals surface area contributed by atoms with E-state index in [0.717, 1.165) is 61.2 Å². The summed E-state index contributed by atoms with van der Waals surface area (Å²) in [7, 11) is 0. The Kier molecular flexibility index (Phi) is 8.49. The number of rotatable bonds is 5. The topological polar surface area (TPSA) is 90.0 Å². The van der Waals surface area contributed by atoms with Gasteiger partial charge in [-0.25, -0.2) is 9.83 Å². The van der Waals surface area contributed by atoms with E-state index in [-0.39, 0.29) is 11.2 Å². The monoisotopic (exact) mass is 677 g/mol. The maximum absolute atomic E-state index is 11.8. The van der Waals surface area contributed by atoms with Crippen LogP contribution in [0.25, 0.3) is 71.9 Å². The second-order valence-corrected chi connectivity index (χ2v) is 15.2. The van der Waals surface area contributed by atoms with Crippen molar-refractivity contribution in [2.75, 3.05) is 0 Å². The van der Waals surface area contributed by atoms with E-state index in [1.54, 1.807) is 6.20 Å². The van der Waals surface area contributed by atoms with Crippen LogP contribution in [0.15, 0.2) is 115 Å². The normalized spacial score (nSPS) is 11.7. The van der Waals surface area contributed by atoms with Crippen molar-refractivity contribution in [1.82, 2.24) is 15.0 Å². The molecule has 6 nitrogen and oxygen atoms in total. The van der Waals surface area contributed by atoms with Gasteiger partial charge in [0.05, 0.1) is 34.4 Å². The Morgan fingerprint density at radius 2 is 1.35 bits per heavy atom. The third-order valence-corrected chi connectivity index (χ3v) is 9.47. The molecule has 5 aromatic carbocycles. The summed E-state index contributed by atoms with van der Waals surface area (Å²) in [6.07, 6.45) is 1.65. The Bertz CT molecular complexity index is 2560. The van der Waals surface area contributed by atoms with E-state index < -0.39 is 5.41 Å². The van der Waals surface area contributed by atoms with E-state index in [9.17, 15) is 10.4 Å². The zero-order chi connectivity index (χ0) is 36.8. The van der Waals surface area contributed by atoms with Gasteiger partial charge in [-0.05, 0) is 69.0 Å². The standard InChI is InChI=1S/C46H39N5O/c1-45(2,3)37-24-36(43(52)40(42(37)48-7)46(4,5)6)44-50-38-20-14-19-34(41(38)51-44)31-21-30(28-15-10-8-11-16-28)22-32(23-31)39-25-35(33(26-47)27-49-39)29-17-12-9-13-18-29/h8-25,27,52H,1-6H3,(H,50,51). The molecule has 7 rings (SSSR count). The summed E-state index contributed by atoms with van der Waals surface area (Å²) in [4.78, 5) is 17.3. The molecule has 0 fully saturated rings. The van der Waals surface area contributed by atoms with Crippen molar-refractivity contribution in [3.8, 4) is 67.8 Å². The fraction of sp³-hybridized carbons (Fsp3) is 0.174. The molecule has 7 aromatic rings. The van der Waals surface area contributed by atoms with Crippen LogP contribution in [0.1, 0.15) is 58.2 Å². The van der Waals surface area contributed by atoms with Crippen LogP contribution in [0, 0.1) is 17.9 Å². The predicted molar refractivity (Wildman–Crippen MR) is 211 cm³/mol. The number of para-hydroxylation sites is 1. The Hall–Kier alpha value is -6.50. The number of aromatic nitrogens is 3. The van der Waals surface area contributed by atoms with Crippen LogP contribution in [0.2, 0.25) is 0 Å². The van der Waals surface area contributed by atoms with Gasteiger partial charge in [-0.15, -0.1) is 0 Å². The zero-order valence-electron chi connectivity index (χ0n) is 30.2. The quantitative estimate of drug-likeness (QED) is 0.177. The highest BCUT2D eigenvalue weighted by Crippen LogP contribution is 2.49. The molecule has 52 heavy (non-hydrogen) atoms. The van der Waals surface area contributed by atoms with Gasteiger partial charge in [0.2, 0.25) is 0 Å². The highest BCUT2D eigenvalue weighted by atomic mass is 16.3. The minimum absolute atomic E-state index is 0.0709. The van der Waals surface area contributed by atoms with Crippen molar-refractivity contribution in [3.63, 3.8) is 0 Å². The number of H-pyrrole nitrogens is 1. The molecule has 0 radical (unpaired) electrons. The van der Waals surface area contributed by atoms with E-state index in [1.165, 1.54) is 0 Å². The lowest BCUT2D eigenvalue weighted by molar-refractivity contribution is 0.448. The molecule has 0 aliphatic carbocycles.